The lowest BCUT2D eigenvalue weighted by atomic mass is 10.1. The summed E-state index contributed by atoms with van der Waals surface area (Å²) in [6.45, 7) is 5.85. The van der Waals surface area contributed by atoms with Crippen LogP contribution in [0.25, 0.3) is 0 Å². The Morgan fingerprint density at radius 3 is 2.19 bits per heavy atom. The molecule has 1 N–H and O–H groups in total. The fourth-order valence-electron chi connectivity index (χ4n) is 3.02. The summed E-state index contributed by atoms with van der Waals surface area (Å²) < 4.78 is 10.4. The third-order valence-corrected chi connectivity index (χ3v) is 4.31. The summed E-state index contributed by atoms with van der Waals surface area (Å²) in [5, 5.41) is 2.91. The first-order valence-electron chi connectivity index (χ1n) is 8.62. The van der Waals surface area contributed by atoms with Gasteiger partial charge >= 0.3 is 0 Å². The number of benzene rings is 2. The second-order valence-electron chi connectivity index (χ2n) is 6.55. The second-order valence-corrected chi connectivity index (χ2v) is 6.55. The molecule has 0 radical (unpaired) electrons. The van der Waals surface area contributed by atoms with Crippen molar-refractivity contribution in [3.63, 3.8) is 0 Å². The SMILES string of the molecule is COc1ccc(C(=O)N(C)CC(=O)Nc2c(C)cc(C)cc2C)c(OC)c1. The van der Waals surface area contributed by atoms with Crippen LogP contribution in [0.2, 0.25) is 0 Å². The van der Waals surface area contributed by atoms with Crippen molar-refractivity contribution < 1.29 is 19.1 Å². The van der Waals surface area contributed by atoms with E-state index in [4.69, 9.17) is 9.47 Å². The monoisotopic (exact) mass is 370 g/mol. The lowest BCUT2D eigenvalue weighted by molar-refractivity contribution is -0.116. The lowest BCUT2D eigenvalue weighted by Gasteiger charge is -2.20. The van der Waals surface area contributed by atoms with Gasteiger partial charge in [-0.05, 0) is 44.0 Å². The van der Waals surface area contributed by atoms with Crippen molar-refractivity contribution in [1.82, 2.24) is 4.90 Å². The molecule has 6 heteroatoms. The largest absolute Gasteiger partial charge is 0.497 e. The van der Waals surface area contributed by atoms with Gasteiger partial charge in [0.25, 0.3) is 5.91 Å². The third kappa shape index (κ3) is 4.78. The van der Waals surface area contributed by atoms with E-state index in [9.17, 15) is 9.59 Å². The Kier molecular flexibility index (Phi) is 6.45. The van der Waals surface area contributed by atoms with Crippen LogP contribution in [-0.4, -0.2) is 44.5 Å². The third-order valence-electron chi connectivity index (χ3n) is 4.31. The van der Waals surface area contributed by atoms with E-state index in [1.54, 1.807) is 32.4 Å². The van der Waals surface area contributed by atoms with Crippen LogP contribution < -0.4 is 14.8 Å². The quantitative estimate of drug-likeness (QED) is 0.847. The number of nitrogens with zero attached hydrogens (tertiary/aromatic N) is 1. The van der Waals surface area contributed by atoms with Gasteiger partial charge in [-0.1, -0.05) is 17.7 Å². The van der Waals surface area contributed by atoms with Crippen molar-refractivity contribution in [2.24, 2.45) is 0 Å². The molecule has 0 aliphatic rings. The molecular formula is C21H26N2O4. The summed E-state index contributed by atoms with van der Waals surface area (Å²) >= 11 is 0. The first-order valence-corrected chi connectivity index (χ1v) is 8.62. The summed E-state index contributed by atoms with van der Waals surface area (Å²) in [5.74, 6) is 0.432. The minimum atomic E-state index is -0.304. The number of anilines is 1. The number of rotatable bonds is 6. The van der Waals surface area contributed by atoms with E-state index in [-0.39, 0.29) is 18.4 Å². The highest BCUT2D eigenvalue weighted by Gasteiger charge is 2.20. The zero-order valence-corrected chi connectivity index (χ0v) is 16.7. The maximum atomic E-state index is 12.7. The Hall–Kier alpha value is -3.02. The van der Waals surface area contributed by atoms with Gasteiger partial charge in [0.1, 0.15) is 11.5 Å². The van der Waals surface area contributed by atoms with Gasteiger partial charge in [0.05, 0.1) is 26.3 Å². The Bertz CT molecular complexity index is 838. The number of carbonyl (C=O) groups excluding carboxylic acids is 2. The maximum absolute atomic E-state index is 12.7. The van der Waals surface area contributed by atoms with E-state index in [2.05, 4.69) is 5.32 Å². The second kappa shape index (κ2) is 8.58. The van der Waals surface area contributed by atoms with Crippen LogP contribution in [0.15, 0.2) is 30.3 Å². The molecule has 0 spiro atoms. The summed E-state index contributed by atoms with van der Waals surface area (Å²) in [7, 11) is 4.61. The van der Waals surface area contributed by atoms with E-state index in [1.165, 1.54) is 12.0 Å². The molecule has 2 amide bonds. The molecule has 0 aliphatic heterocycles. The van der Waals surface area contributed by atoms with Gasteiger partial charge < -0.3 is 19.7 Å². The number of ether oxygens (including phenoxy) is 2. The number of nitrogens with one attached hydrogen (secondary N) is 1. The molecule has 0 aliphatic carbocycles. The summed E-state index contributed by atoms with van der Waals surface area (Å²) in [6, 6.07) is 8.98. The van der Waals surface area contributed by atoms with E-state index in [1.807, 2.05) is 32.9 Å². The number of methoxy groups -OCH3 is 2. The summed E-state index contributed by atoms with van der Waals surface area (Å²) in [4.78, 5) is 26.5. The molecule has 0 fully saturated rings. The maximum Gasteiger partial charge on any atom is 0.257 e. The first-order chi connectivity index (χ1) is 12.8. The average Bonchev–Trinajstić information content (AvgIpc) is 2.63. The van der Waals surface area contributed by atoms with E-state index < -0.39 is 0 Å². The summed E-state index contributed by atoms with van der Waals surface area (Å²) in [5.41, 5.74) is 4.28. The van der Waals surface area contributed by atoms with Crippen LogP contribution in [0.1, 0.15) is 27.0 Å². The molecule has 0 saturated carbocycles. The topological polar surface area (TPSA) is 67.9 Å². The number of carbonyl (C=O) groups is 2. The predicted molar refractivity (Wildman–Crippen MR) is 106 cm³/mol. The normalized spacial score (nSPS) is 10.3. The first kappa shape index (κ1) is 20.3. The minimum Gasteiger partial charge on any atom is -0.497 e. The summed E-state index contributed by atoms with van der Waals surface area (Å²) in [6.07, 6.45) is 0. The lowest BCUT2D eigenvalue weighted by Crippen LogP contribution is -2.35. The van der Waals surface area contributed by atoms with Crippen LogP contribution in [0, 0.1) is 20.8 Å². The number of likely N-dealkylation sites (N-methyl/N-ethyl adjacent to an activating group) is 1. The van der Waals surface area contributed by atoms with E-state index in [0.29, 0.717) is 17.1 Å². The molecule has 6 nitrogen and oxygen atoms in total. The van der Waals surface area contributed by atoms with Crippen molar-refractivity contribution in [2.45, 2.75) is 20.8 Å². The molecule has 0 bridgehead atoms. The predicted octanol–water partition coefficient (Wildman–Crippen LogP) is 3.34. The van der Waals surface area contributed by atoms with Crippen LogP contribution >= 0.6 is 0 Å². The zero-order chi connectivity index (χ0) is 20.1. The van der Waals surface area contributed by atoms with Gasteiger partial charge in [0.15, 0.2) is 0 Å². The molecule has 2 aromatic rings. The van der Waals surface area contributed by atoms with Crippen molar-refractivity contribution in [3.05, 3.63) is 52.6 Å². The Labute approximate surface area is 160 Å². The number of aryl methyl sites for hydroxylation is 3. The fourth-order valence-corrected chi connectivity index (χ4v) is 3.02. The van der Waals surface area contributed by atoms with Gasteiger partial charge in [-0.25, -0.2) is 0 Å². The molecule has 2 aromatic carbocycles. The Morgan fingerprint density at radius 2 is 1.63 bits per heavy atom. The number of amides is 2. The highest BCUT2D eigenvalue weighted by atomic mass is 16.5. The zero-order valence-electron chi connectivity index (χ0n) is 16.7. The molecule has 2 rings (SSSR count). The van der Waals surface area contributed by atoms with Gasteiger partial charge in [-0.2, -0.15) is 0 Å². The highest BCUT2D eigenvalue weighted by Crippen LogP contribution is 2.26. The molecule has 27 heavy (non-hydrogen) atoms. The van der Waals surface area contributed by atoms with Gasteiger partial charge in [-0.3, -0.25) is 9.59 Å². The standard InChI is InChI=1S/C21H26N2O4/c1-13-9-14(2)20(15(3)10-13)22-19(24)12-23(4)21(25)17-8-7-16(26-5)11-18(17)27-6/h7-11H,12H2,1-6H3,(H,22,24). The van der Waals surface area contributed by atoms with E-state index in [0.717, 1.165) is 22.4 Å². The Morgan fingerprint density at radius 1 is 1.00 bits per heavy atom. The number of hydrogen-bond donors (Lipinski definition) is 1. The molecule has 0 aromatic heterocycles. The molecule has 144 valence electrons. The van der Waals surface area contributed by atoms with Gasteiger partial charge in [-0.15, -0.1) is 0 Å². The van der Waals surface area contributed by atoms with Crippen molar-refractivity contribution in [2.75, 3.05) is 33.1 Å². The van der Waals surface area contributed by atoms with Gasteiger partial charge in [0, 0.05) is 18.8 Å². The van der Waals surface area contributed by atoms with Crippen LogP contribution in [0.3, 0.4) is 0 Å². The molecule has 0 saturated heterocycles. The minimum absolute atomic E-state index is 0.0687. The van der Waals surface area contributed by atoms with Crippen LogP contribution in [-0.2, 0) is 4.79 Å². The van der Waals surface area contributed by atoms with Gasteiger partial charge in [0.2, 0.25) is 5.91 Å². The highest BCUT2D eigenvalue weighted by molar-refractivity contribution is 6.01. The molecular weight excluding hydrogens is 344 g/mol. The van der Waals surface area contributed by atoms with Crippen molar-refractivity contribution in [1.29, 1.82) is 0 Å². The fraction of sp³-hybridized carbons (Fsp3) is 0.333. The van der Waals surface area contributed by atoms with Crippen molar-refractivity contribution in [3.8, 4) is 11.5 Å². The average molecular weight is 370 g/mol. The smallest absolute Gasteiger partial charge is 0.257 e. The molecule has 0 atom stereocenters. The van der Waals surface area contributed by atoms with Crippen molar-refractivity contribution >= 4 is 17.5 Å². The number of hydrogen-bond acceptors (Lipinski definition) is 4. The van der Waals surface area contributed by atoms with E-state index >= 15 is 0 Å². The van der Waals surface area contributed by atoms with Crippen LogP contribution in [0.5, 0.6) is 11.5 Å². The molecule has 0 heterocycles. The molecule has 0 unspecified atom stereocenters. The Balaban J connectivity index is 2.12. The van der Waals surface area contributed by atoms with Crippen LogP contribution in [0.4, 0.5) is 5.69 Å².